The minimum Gasteiger partial charge on any atom is -0.272 e. The molecule has 0 bridgehead atoms. The van der Waals surface area contributed by atoms with Crippen molar-refractivity contribution in [3.8, 4) is 0 Å². The molecule has 0 spiro atoms. The Morgan fingerprint density at radius 1 is 1.44 bits per heavy atom. The van der Waals surface area contributed by atoms with E-state index in [1.165, 1.54) is 6.42 Å². The summed E-state index contributed by atoms with van der Waals surface area (Å²) in [6, 6.07) is 2.24. The third-order valence-electron chi connectivity index (χ3n) is 3.34. The smallest absolute Gasteiger partial charge is 0.249 e. The Balaban J connectivity index is 1.87. The fourth-order valence-electron chi connectivity index (χ4n) is 2.16. The maximum absolute atomic E-state index is 11.8. The second-order valence-corrected chi connectivity index (χ2v) is 4.39. The quantitative estimate of drug-likeness (QED) is 0.740. The van der Waals surface area contributed by atoms with E-state index in [4.69, 9.17) is 0 Å². The Labute approximate surface area is 93.7 Å². The molecule has 0 N–H and O–H groups in total. The zero-order valence-corrected chi connectivity index (χ0v) is 9.26. The van der Waals surface area contributed by atoms with E-state index in [9.17, 15) is 4.79 Å². The third-order valence-corrected chi connectivity index (χ3v) is 3.34. The van der Waals surface area contributed by atoms with Crippen LogP contribution in [0.5, 0.6) is 0 Å². The van der Waals surface area contributed by atoms with E-state index < -0.39 is 0 Å². The number of nitrogens with zero attached hydrogens (tertiary/aromatic N) is 4. The lowest BCUT2D eigenvalue weighted by Crippen LogP contribution is -2.37. The first kappa shape index (κ1) is 9.57. The topological polar surface area (TPSA) is 50.5 Å². The van der Waals surface area contributed by atoms with Gasteiger partial charge in [-0.2, -0.15) is 10.2 Å². The van der Waals surface area contributed by atoms with Crippen LogP contribution in [0, 0.1) is 0 Å². The van der Waals surface area contributed by atoms with Gasteiger partial charge in [-0.15, -0.1) is 0 Å². The summed E-state index contributed by atoms with van der Waals surface area (Å²) in [4.78, 5) is 11.8. The van der Waals surface area contributed by atoms with Crippen molar-refractivity contribution in [3.05, 3.63) is 18.0 Å². The maximum Gasteiger partial charge on any atom is 0.249 e. The van der Waals surface area contributed by atoms with E-state index in [1.54, 1.807) is 15.9 Å². The normalized spacial score (nSPS) is 21.2. The van der Waals surface area contributed by atoms with E-state index in [2.05, 4.69) is 10.2 Å². The number of rotatable bonds is 2. The van der Waals surface area contributed by atoms with Gasteiger partial charge in [0.05, 0.1) is 23.9 Å². The van der Waals surface area contributed by atoms with Crippen molar-refractivity contribution >= 4 is 11.6 Å². The number of aromatic nitrogens is 2. The van der Waals surface area contributed by atoms with Crippen molar-refractivity contribution in [2.75, 3.05) is 0 Å². The van der Waals surface area contributed by atoms with Gasteiger partial charge in [-0.1, -0.05) is 0 Å². The Hall–Kier alpha value is -1.65. The molecule has 1 aromatic rings. The Bertz CT molecular complexity index is 458. The second kappa shape index (κ2) is 3.43. The van der Waals surface area contributed by atoms with Crippen molar-refractivity contribution in [2.24, 2.45) is 12.1 Å². The SMILES string of the molecule is Cn1nccc1C1=NN(C2CCC2)C(=O)C1. The number of carbonyl (C=O) groups excluding carboxylic acids is 1. The monoisotopic (exact) mass is 218 g/mol. The van der Waals surface area contributed by atoms with Gasteiger partial charge >= 0.3 is 0 Å². The summed E-state index contributed by atoms with van der Waals surface area (Å²) in [5, 5.41) is 10.2. The molecule has 0 atom stereocenters. The van der Waals surface area contributed by atoms with Crippen molar-refractivity contribution in [3.63, 3.8) is 0 Å². The molecule has 1 saturated carbocycles. The first-order valence-corrected chi connectivity index (χ1v) is 5.63. The van der Waals surface area contributed by atoms with Gasteiger partial charge in [-0.25, -0.2) is 5.01 Å². The average Bonchev–Trinajstić information content (AvgIpc) is 2.71. The van der Waals surface area contributed by atoms with E-state index in [0.717, 1.165) is 24.2 Å². The molecular formula is C11H14N4O. The molecule has 1 fully saturated rings. The highest BCUT2D eigenvalue weighted by molar-refractivity contribution is 6.12. The van der Waals surface area contributed by atoms with Crippen LogP contribution in [-0.4, -0.2) is 32.5 Å². The molecule has 5 heteroatoms. The second-order valence-electron chi connectivity index (χ2n) is 4.39. The molecule has 84 valence electrons. The van der Waals surface area contributed by atoms with Crippen LogP contribution in [0.25, 0.3) is 0 Å². The minimum absolute atomic E-state index is 0.126. The largest absolute Gasteiger partial charge is 0.272 e. The predicted molar refractivity (Wildman–Crippen MR) is 58.8 cm³/mol. The lowest BCUT2D eigenvalue weighted by Gasteiger charge is -2.31. The molecule has 0 unspecified atom stereocenters. The molecule has 0 aromatic carbocycles. The van der Waals surface area contributed by atoms with Crippen LogP contribution < -0.4 is 0 Å². The van der Waals surface area contributed by atoms with Gasteiger partial charge in [-0.05, 0) is 25.3 Å². The number of hydrogen-bond donors (Lipinski definition) is 0. The first-order valence-electron chi connectivity index (χ1n) is 5.63. The van der Waals surface area contributed by atoms with Gasteiger partial charge in [0.25, 0.3) is 0 Å². The van der Waals surface area contributed by atoms with Crippen LogP contribution in [0.4, 0.5) is 0 Å². The number of aryl methyl sites for hydroxylation is 1. The molecule has 0 radical (unpaired) electrons. The lowest BCUT2D eigenvalue weighted by atomic mass is 9.92. The van der Waals surface area contributed by atoms with Crippen LogP contribution >= 0.6 is 0 Å². The summed E-state index contributed by atoms with van der Waals surface area (Å²) in [7, 11) is 1.87. The number of hydrogen-bond acceptors (Lipinski definition) is 3. The average molecular weight is 218 g/mol. The third kappa shape index (κ3) is 1.35. The molecule has 1 amide bonds. The zero-order valence-electron chi connectivity index (χ0n) is 9.26. The highest BCUT2D eigenvalue weighted by atomic mass is 16.2. The Morgan fingerprint density at radius 2 is 2.25 bits per heavy atom. The molecule has 1 aliphatic carbocycles. The van der Waals surface area contributed by atoms with E-state index in [1.807, 2.05) is 13.1 Å². The Kier molecular flexibility index (Phi) is 2.05. The van der Waals surface area contributed by atoms with Gasteiger partial charge in [0.15, 0.2) is 0 Å². The van der Waals surface area contributed by atoms with E-state index in [0.29, 0.717) is 12.5 Å². The predicted octanol–water partition coefficient (Wildman–Crippen LogP) is 0.909. The number of amides is 1. The summed E-state index contributed by atoms with van der Waals surface area (Å²) in [6.45, 7) is 0. The zero-order chi connectivity index (χ0) is 11.1. The van der Waals surface area contributed by atoms with Crippen LogP contribution in [0.1, 0.15) is 31.4 Å². The highest BCUT2D eigenvalue weighted by Gasteiger charge is 2.34. The summed E-state index contributed by atoms with van der Waals surface area (Å²) in [5.41, 5.74) is 1.78. The summed E-state index contributed by atoms with van der Waals surface area (Å²) in [6.07, 6.45) is 5.54. The van der Waals surface area contributed by atoms with E-state index in [-0.39, 0.29) is 5.91 Å². The van der Waals surface area contributed by atoms with Crippen molar-refractivity contribution in [1.82, 2.24) is 14.8 Å². The molecule has 16 heavy (non-hydrogen) atoms. The molecule has 1 aromatic heterocycles. The van der Waals surface area contributed by atoms with Crippen LogP contribution in [0.15, 0.2) is 17.4 Å². The van der Waals surface area contributed by atoms with E-state index >= 15 is 0 Å². The lowest BCUT2D eigenvalue weighted by molar-refractivity contribution is -0.132. The summed E-state index contributed by atoms with van der Waals surface area (Å²) >= 11 is 0. The molecule has 1 aliphatic heterocycles. The highest BCUT2D eigenvalue weighted by Crippen LogP contribution is 2.28. The van der Waals surface area contributed by atoms with Gasteiger partial charge in [0.2, 0.25) is 5.91 Å². The van der Waals surface area contributed by atoms with Crippen molar-refractivity contribution in [1.29, 1.82) is 0 Å². The van der Waals surface area contributed by atoms with Crippen LogP contribution in [0.3, 0.4) is 0 Å². The molecule has 5 nitrogen and oxygen atoms in total. The van der Waals surface area contributed by atoms with Crippen molar-refractivity contribution < 1.29 is 4.79 Å². The van der Waals surface area contributed by atoms with Crippen LogP contribution in [-0.2, 0) is 11.8 Å². The summed E-state index contributed by atoms with van der Waals surface area (Å²) < 4.78 is 1.76. The first-order chi connectivity index (χ1) is 7.75. The Morgan fingerprint density at radius 3 is 2.81 bits per heavy atom. The minimum atomic E-state index is 0.126. The fraction of sp³-hybridized carbons (Fsp3) is 0.545. The standard InChI is InChI=1S/C11H14N4O/c1-14-10(5-6-12-14)9-7-11(16)15(13-9)8-3-2-4-8/h5-6,8H,2-4,7H2,1H3. The molecule has 0 saturated heterocycles. The molecular weight excluding hydrogens is 204 g/mol. The number of hydrazone groups is 1. The summed E-state index contributed by atoms with van der Waals surface area (Å²) in [5.74, 6) is 0.126. The van der Waals surface area contributed by atoms with Gasteiger partial charge < -0.3 is 0 Å². The van der Waals surface area contributed by atoms with Gasteiger partial charge in [-0.3, -0.25) is 9.48 Å². The molecule has 3 rings (SSSR count). The van der Waals surface area contributed by atoms with Crippen LogP contribution in [0.2, 0.25) is 0 Å². The van der Waals surface area contributed by atoms with Gasteiger partial charge in [0, 0.05) is 13.2 Å². The molecule has 2 aliphatic rings. The fourth-order valence-corrected chi connectivity index (χ4v) is 2.16. The maximum atomic E-state index is 11.8. The molecule has 2 heterocycles. The van der Waals surface area contributed by atoms with Crippen molar-refractivity contribution in [2.45, 2.75) is 31.7 Å². The number of carbonyl (C=O) groups is 1. The van der Waals surface area contributed by atoms with Gasteiger partial charge in [0.1, 0.15) is 0 Å².